The Hall–Kier alpha value is -2.45. The van der Waals surface area contributed by atoms with E-state index >= 15 is 0 Å². The summed E-state index contributed by atoms with van der Waals surface area (Å²) in [5.41, 5.74) is 0.538. The van der Waals surface area contributed by atoms with Crippen molar-refractivity contribution < 1.29 is 13.2 Å². The summed E-state index contributed by atoms with van der Waals surface area (Å²) in [5.74, 6) is -0.289. The van der Waals surface area contributed by atoms with Crippen LogP contribution in [0.4, 0.5) is 0 Å². The number of nitrogens with zero attached hydrogens (tertiary/aromatic N) is 3. The van der Waals surface area contributed by atoms with Crippen molar-refractivity contribution in [3.63, 3.8) is 0 Å². The van der Waals surface area contributed by atoms with Crippen LogP contribution >= 0.6 is 0 Å². The number of benzene rings is 1. The highest BCUT2D eigenvalue weighted by atomic mass is 32.2. The minimum atomic E-state index is -3.68. The van der Waals surface area contributed by atoms with E-state index in [9.17, 15) is 18.0 Å². The predicted octanol–water partition coefficient (Wildman–Crippen LogP) is 1.32. The van der Waals surface area contributed by atoms with Crippen molar-refractivity contribution in [3.8, 4) is 0 Å². The SMILES string of the molecule is C[C@H](c1ccccc1)N(C)C(=O)Cn1cc(S(=O)(=O)N(C)C)ccc1=O. The van der Waals surface area contributed by atoms with E-state index in [1.54, 1.807) is 7.05 Å². The van der Waals surface area contributed by atoms with Crippen molar-refractivity contribution in [2.75, 3.05) is 21.1 Å². The number of carbonyl (C=O) groups is 1. The molecule has 2 rings (SSSR count). The summed E-state index contributed by atoms with van der Waals surface area (Å²) in [4.78, 5) is 26.1. The van der Waals surface area contributed by atoms with Crippen LogP contribution in [0.5, 0.6) is 0 Å². The summed E-state index contributed by atoms with van der Waals surface area (Å²) in [6.45, 7) is 1.66. The van der Waals surface area contributed by atoms with E-state index in [1.165, 1.54) is 31.3 Å². The van der Waals surface area contributed by atoms with Gasteiger partial charge in [0.1, 0.15) is 6.54 Å². The maximum atomic E-state index is 12.6. The van der Waals surface area contributed by atoms with Crippen LogP contribution in [0.2, 0.25) is 0 Å². The molecule has 0 saturated heterocycles. The van der Waals surface area contributed by atoms with Crippen molar-refractivity contribution in [1.29, 1.82) is 0 Å². The fourth-order valence-electron chi connectivity index (χ4n) is 2.42. The van der Waals surface area contributed by atoms with Gasteiger partial charge in [-0.3, -0.25) is 9.59 Å². The maximum Gasteiger partial charge on any atom is 0.251 e. The quantitative estimate of drug-likeness (QED) is 0.760. The minimum Gasteiger partial charge on any atom is -0.337 e. The summed E-state index contributed by atoms with van der Waals surface area (Å²) in [5, 5.41) is 0. The molecule has 0 N–H and O–H groups in total. The molecular formula is C18H23N3O4S. The zero-order valence-corrected chi connectivity index (χ0v) is 16.1. The third-order valence-electron chi connectivity index (χ3n) is 4.30. The van der Waals surface area contributed by atoms with Crippen LogP contribution in [0.25, 0.3) is 0 Å². The van der Waals surface area contributed by atoms with Crippen molar-refractivity contribution in [2.45, 2.75) is 24.4 Å². The van der Waals surface area contributed by atoms with E-state index in [0.717, 1.165) is 20.5 Å². The van der Waals surface area contributed by atoms with Crippen LogP contribution in [-0.4, -0.2) is 49.2 Å². The monoisotopic (exact) mass is 377 g/mol. The van der Waals surface area contributed by atoms with E-state index in [2.05, 4.69) is 0 Å². The zero-order chi connectivity index (χ0) is 19.5. The molecule has 1 heterocycles. The molecule has 140 valence electrons. The molecule has 0 aliphatic carbocycles. The first-order chi connectivity index (χ1) is 12.1. The topological polar surface area (TPSA) is 79.7 Å². The van der Waals surface area contributed by atoms with Gasteiger partial charge >= 0.3 is 0 Å². The van der Waals surface area contributed by atoms with Crippen LogP contribution < -0.4 is 5.56 Å². The second-order valence-electron chi connectivity index (χ2n) is 6.21. The van der Waals surface area contributed by atoms with Crippen molar-refractivity contribution in [1.82, 2.24) is 13.8 Å². The number of carbonyl (C=O) groups excluding carboxylic acids is 1. The third-order valence-corrected chi connectivity index (χ3v) is 6.10. The van der Waals surface area contributed by atoms with Crippen LogP contribution in [0.15, 0.2) is 58.4 Å². The number of likely N-dealkylation sites (N-methyl/N-ethyl adjacent to an activating group) is 1. The highest BCUT2D eigenvalue weighted by Gasteiger charge is 2.21. The summed E-state index contributed by atoms with van der Waals surface area (Å²) < 4.78 is 26.6. The lowest BCUT2D eigenvalue weighted by molar-refractivity contribution is -0.132. The number of rotatable bonds is 6. The third kappa shape index (κ3) is 4.20. The van der Waals surface area contributed by atoms with Crippen LogP contribution in [0, 0.1) is 0 Å². The van der Waals surface area contributed by atoms with Gasteiger partial charge < -0.3 is 9.47 Å². The lowest BCUT2D eigenvalue weighted by Crippen LogP contribution is -2.35. The molecule has 2 aromatic rings. The Morgan fingerprint density at radius 2 is 1.69 bits per heavy atom. The molecule has 26 heavy (non-hydrogen) atoms. The lowest BCUT2D eigenvalue weighted by atomic mass is 10.1. The van der Waals surface area contributed by atoms with Gasteiger partial charge in [0.25, 0.3) is 5.56 Å². The molecule has 1 amide bonds. The molecule has 1 atom stereocenters. The van der Waals surface area contributed by atoms with Crippen LogP contribution in [-0.2, 0) is 21.4 Å². The predicted molar refractivity (Wildman–Crippen MR) is 99.2 cm³/mol. The van der Waals surface area contributed by atoms with Gasteiger partial charge in [0.05, 0.1) is 10.9 Å². The maximum absolute atomic E-state index is 12.6. The first kappa shape index (κ1) is 19.9. The first-order valence-corrected chi connectivity index (χ1v) is 9.52. The standard InChI is InChI=1S/C18H23N3O4S/c1-14(15-8-6-5-7-9-15)20(4)18(23)13-21-12-16(10-11-17(21)22)26(24,25)19(2)3/h5-12,14H,13H2,1-4H3/t14-/m1/s1. The van der Waals surface area contributed by atoms with Gasteiger partial charge in [-0.2, -0.15) is 0 Å². The zero-order valence-electron chi connectivity index (χ0n) is 15.3. The fraction of sp³-hybridized carbons (Fsp3) is 0.333. The van der Waals surface area contributed by atoms with Gasteiger partial charge in [-0.05, 0) is 18.6 Å². The minimum absolute atomic E-state index is 0.0336. The van der Waals surface area contributed by atoms with Crippen LogP contribution in [0.1, 0.15) is 18.5 Å². The molecule has 0 unspecified atom stereocenters. The Bertz CT molecular complexity index is 936. The molecular weight excluding hydrogens is 354 g/mol. The Balaban J connectivity index is 2.25. The molecule has 0 spiro atoms. The second kappa shape index (κ2) is 7.84. The molecule has 1 aromatic heterocycles. The van der Waals surface area contributed by atoms with Crippen molar-refractivity contribution in [3.05, 3.63) is 64.6 Å². The molecule has 7 nitrogen and oxygen atoms in total. The number of hydrogen-bond acceptors (Lipinski definition) is 4. The number of amides is 1. The normalized spacial score (nSPS) is 12.8. The largest absolute Gasteiger partial charge is 0.337 e. The van der Waals surface area contributed by atoms with Gasteiger partial charge in [0.2, 0.25) is 15.9 Å². The van der Waals surface area contributed by atoms with E-state index in [0.29, 0.717) is 0 Å². The summed E-state index contributed by atoms with van der Waals surface area (Å²) >= 11 is 0. The highest BCUT2D eigenvalue weighted by Crippen LogP contribution is 2.18. The number of sulfonamides is 1. The van der Waals surface area contributed by atoms with Gasteiger partial charge in [0, 0.05) is 33.4 Å². The summed E-state index contributed by atoms with van der Waals surface area (Å²) in [6.07, 6.45) is 1.20. The van der Waals surface area contributed by atoms with Gasteiger partial charge in [-0.15, -0.1) is 0 Å². The molecule has 0 radical (unpaired) electrons. The van der Waals surface area contributed by atoms with Gasteiger partial charge in [-0.1, -0.05) is 30.3 Å². The average Bonchev–Trinajstić information content (AvgIpc) is 2.62. The fourth-order valence-corrected chi connectivity index (χ4v) is 3.35. The van der Waals surface area contributed by atoms with Crippen LogP contribution in [0.3, 0.4) is 0 Å². The van der Waals surface area contributed by atoms with Crippen molar-refractivity contribution >= 4 is 15.9 Å². The first-order valence-electron chi connectivity index (χ1n) is 8.08. The van der Waals surface area contributed by atoms with Crippen molar-refractivity contribution in [2.24, 2.45) is 0 Å². The Morgan fingerprint density at radius 3 is 2.27 bits per heavy atom. The summed E-state index contributed by atoms with van der Waals surface area (Å²) in [6, 6.07) is 11.8. The summed E-state index contributed by atoms with van der Waals surface area (Å²) in [7, 11) is 0.791. The molecule has 0 fully saturated rings. The molecule has 0 aliphatic rings. The van der Waals surface area contributed by atoms with Gasteiger partial charge in [0.15, 0.2) is 0 Å². The molecule has 0 saturated carbocycles. The Morgan fingerprint density at radius 1 is 1.08 bits per heavy atom. The molecule has 0 bridgehead atoms. The molecule has 0 aliphatic heterocycles. The van der Waals surface area contributed by atoms with E-state index < -0.39 is 15.6 Å². The second-order valence-corrected chi connectivity index (χ2v) is 8.36. The van der Waals surface area contributed by atoms with Gasteiger partial charge in [-0.25, -0.2) is 12.7 Å². The molecule has 8 heteroatoms. The van der Waals surface area contributed by atoms with E-state index in [-0.39, 0.29) is 23.4 Å². The smallest absolute Gasteiger partial charge is 0.251 e. The number of aromatic nitrogens is 1. The van der Waals surface area contributed by atoms with E-state index in [1.807, 2.05) is 37.3 Å². The lowest BCUT2D eigenvalue weighted by Gasteiger charge is -2.25. The number of pyridine rings is 1. The Kier molecular flexibility index (Phi) is 5.99. The average molecular weight is 377 g/mol. The Labute approximate surface area is 153 Å². The molecule has 1 aromatic carbocycles. The number of hydrogen-bond donors (Lipinski definition) is 0. The highest BCUT2D eigenvalue weighted by molar-refractivity contribution is 7.89. The van der Waals surface area contributed by atoms with E-state index in [4.69, 9.17) is 0 Å².